The number of hydroxylamine groups is 1. The lowest BCUT2D eigenvalue weighted by atomic mass is 10.0. The number of non-ortho nitro benzene ring substituents is 1. The molecule has 104 valence electrons. The molecule has 0 amide bonds. The number of nitro groups is 1. The van der Waals surface area contributed by atoms with Crippen molar-refractivity contribution in [1.29, 1.82) is 0 Å². The van der Waals surface area contributed by atoms with E-state index in [-0.39, 0.29) is 10.6 Å². The predicted octanol–water partition coefficient (Wildman–Crippen LogP) is 3.11. The first kappa shape index (κ1) is 13.2. The minimum absolute atomic E-state index is 0.0675. The van der Waals surface area contributed by atoms with Crippen molar-refractivity contribution < 1.29 is 14.5 Å². The molecule has 0 unspecified atom stereocenters. The van der Waals surface area contributed by atoms with Crippen molar-refractivity contribution in [2.75, 3.05) is 13.0 Å². The molecule has 0 atom stereocenters. The molecular formula is C13H12N2O4S. The van der Waals surface area contributed by atoms with E-state index in [0.717, 1.165) is 10.9 Å². The van der Waals surface area contributed by atoms with E-state index in [9.17, 15) is 10.1 Å². The van der Waals surface area contributed by atoms with Crippen LogP contribution in [-0.2, 0) is 11.3 Å². The summed E-state index contributed by atoms with van der Waals surface area (Å²) in [6.07, 6.45) is 0. The second-order valence-corrected chi connectivity index (χ2v) is 5.19. The van der Waals surface area contributed by atoms with Gasteiger partial charge in [-0.05, 0) is 23.4 Å². The molecule has 1 aliphatic rings. The maximum Gasteiger partial charge on any atom is 0.281 e. The molecule has 1 heterocycles. The highest BCUT2D eigenvalue weighted by Gasteiger charge is 2.28. The Morgan fingerprint density at radius 1 is 1.45 bits per heavy atom. The van der Waals surface area contributed by atoms with Crippen LogP contribution in [0.5, 0.6) is 5.75 Å². The van der Waals surface area contributed by atoms with Crippen LogP contribution in [0.3, 0.4) is 0 Å². The first-order valence-corrected chi connectivity index (χ1v) is 6.91. The Balaban J connectivity index is 2.07. The third-order valence-electron chi connectivity index (χ3n) is 3.09. The summed E-state index contributed by atoms with van der Waals surface area (Å²) >= 11 is 1.38. The van der Waals surface area contributed by atoms with Crippen molar-refractivity contribution in [3.8, 4) is 5.75 Å². The van der Waals surface area contributed by atoms with Crippen LogP contribution in [-0.4, -0.2) is 22.4 Å². The van der Waals surface area contributed by atoms with Gasteiger partial charge in [0.05, 0.1) is 22.9 Å². The van der Waals surface area contributed by atoms with Crippen LogP contribution in [0.2, 0.25) is 0 Å². The number of methoxy groups -OCH3 is 1. The average molecular weight is 292 g/mol. The van der Waals surface area contributed by atoms with E-state index in [1.807, 2.05) is 12.1 Å². The molecule has 2 aromatic rings. The summed E-state index contributed by atoms with van der Waals surface area (Å²) in [5.41, 5.74) is 1.03. The topological polar surface area (TPSA) is 64.8 Å². The van der Waals surface area contributed by atoms with E-state index in [1.54, 1.807) is 23.7 Å². The zero-order valence-corrected chi connectivity index (χ0v) is 11.6. The Kier molecular flexibility index (Phi) is 3.47. The van der Waals surface area contributed by atoms with Gasteiger partial charge in [-0.2, -0.15) is 0 Å². The zero-order valence-electron chi connectivity index (χ0n) is 10.7. The highest BCUT2D eigenvalue weighted by Crippen LogP contribution is 2.41. The molecule has 0 spiro atoms. The van der Waals surface area contributed by atoms with Crippen LogP contribution in [0.25, 0.3) is 10.8 Å². The number of fused-ring (bicyclic) bond motifs is 3. The normalized spacial score (nSPS) is 14.2. The number of hydrogen-bond donors (Lipinski definition) is 0. The highest BCUT2D eigenvalue weighted by atomic mass is 32.2. The summed E-state index contributed by atoms with van der Waals surface area (Å²) in [4.78, 5) is 16.4. The van der Waals surface area contributed by atoms with Crippen molar-refractivity contribution in [3.05, 3.63) is 46.0 Å². The van der Waals surface area contributed by atoms with Gasteiger partial charge in [-0.3, -0.25) is 10.1 Å². The first-order valence-electron chi connectivity index (χ1n) is 5.97. The molecule has 0 aliphatic carbocycles. The number of hydrogen-bond acceptors (Lipinski definition) is 6. The van der Waals surface area contributed by atoms with Crippen molar-refractivity contribution in [3.63, 3.8) is 0 Å². The SMILES string of the molecule is COCSN1Cc2c(cc([N+](=O)[O-])c3ccccc23)O1. The van der Waals surface area contributed by atoms with Gasteiger partial charge in [0.15, 0.2) is 5.75 Å². The summed E-state index contributed by atoms with van der Waals surface area (Å²) in [5, 5.41) is 12.7. The van der Waals surface area contributed by atoms with E-state index in [4.69, 9.17) is 9.57 Å². The van der Waals surface area contributed by atoms with E-state index in [1.165, 1.54) is 18.0 Å². The third-order valence-corrected chi connectivity index (χ3v) is 3.92. The van der Waals surface area contributed by atoms with E-state index >= 15 is 0 Å². The van der Waals surface area contributed by atoms with Gasteiger partial charge >= 0.3 is 0 Å². The Hall–Kier alpha value is -1.83. The summed E-state index contributed by atoms with van der Waals surface area (Å²) in [6, 6.07) is 8.81. The predicted molar refractivity (Wildman–Crippen MR) is 76.2 cm³/mol. The molecular weight excluding hydrogens is 280 g/mol. The number of nitrogens with zero attached hydrogens (tertiary/aromatic N) is 2. The molecule has 0 fully saturated rings. The summed E-state index contributed by atoms with van der Waals surface area (Å²) in [5.74, 6) is 1.01. The maximum absolute atomic E-state index is 11.2. The smallest absolute Gasteiger partial charge is 0.281 e. The number of rotatable bonds is 4. The third kappa shape index (κ3) is 2.20. The van der Waals surface area contributed by atoms with E-state index in [2.05, 4.69) is 0 Å². The van der Waals surface area contributed by atoms with Crippen molar-refractivity contribution in [2.45, 2.75) is 6.54 Å². The molecule has 0 N–H and O–H groups in total. The molecule has 3 rings (SSSR count). The van der Waals surface area contributed by atoms with Crippen molar-refractivity contribution >= 4 is 28.4 Å². The lowest BCUT2D eigenvalue weighted by Crippen LogP contribution is -2.13. The monoisotopic (exact) mass is 292 g/mol. The van der Waals surface area contributed by atoms with Gasteiger partial charge in [-0.1, -0.05) is 22.7 Å². The van der Waals surface area contributed by atoms with Crippen LogP contribution in [0, 0.1) is 10.1 Å². The molecule has 0 saturated heterocycles. The maximum atomic E-state index is 11.2. The highest BCUT2D eigenvalue weighted by molar-refractivity contribution is 7.96. The Bertz CT molecular complexity index is 677. The lowest BCUT2D eigenvalue weighted by Gasteiger charge is -2.11. The fourth-order valence-corrected chi connectivity index (χ4v) is 2.82. The van der Waals surface area contributed by atoms with E-state index < -0.39 is 0 Å². The average Bonchev–Trinajstić information content (AvgIpc) is 2.87. The fourth-order valence-electron chi connectivity index (χ4n) is 2.24. The van der Waals surface area contributed by atoms with Crippen LogP contribution in [0.15, 0.2) is 30.3 Å². The standard InChI is InChI=1S/C13H12N2O4S/c1-18-8-20-14-7-11-9-4-2-3-5-10(9)12(15(16)17)6-13(11)19-14/h2-6H,7-8H2,1H3. The number of nitro benzene ring substituents is 1. The van der Waals surface area contributed by atoms with Crippen molar-refractivity contribution in [2.24, 2.45) is 0 Å². The molecule has 0 radical (unpaired) electrons. The van der Waals surface area contributed by atoms with Crippen LogP contribution < -0.4 is 4.84 Å². The lowest BCUT2D eigenvalue weighted by molar-refractivity contribution is -0.383. The van der Waals surface area contributed by atoms with Gasteiger partial charge in [0, 0.05) is 12.7 Å². The minimum Gasteiger partial charge on any atom is -0.394 e. The van der Waals surface area contributed by atoms with Crippen LogP contribution in [0.4, 0.5) is 5.69 Å². The molecule has 7 heteroatoms. The molecule has 20 heavy (non-hydrogen) atoms. The number of ether oxygens (including phenoxy) is 1. The van der Waals surface area contributed by atoms with E-state index in [0.29, 0.717) is 23.6 Å². The van der Waals surface area contributed by atoms with Gasteiger partial charge in [-0.25, -0.2) is 0 Å². The first-order chi connectivity index (χ1) is 9.70. The fraction of sp³-hybridized carbons (Fsp3) is 0.231. The van der Waals surface area contributed by atoms with Gasteiger partial charge in [0.25, 0.3) is 5.69 Å². The summed E-state index contributed by atoms with van der Waals surface area (Å²) in [6.45, 7) is 0.571. The van der Waals surface area contributed by atoms with Gasteiger partial charge in [0.1, 0.15) is 5.94 Å². The van der Waals surface area contributed by atoms with Crippen LogP contribution in [0.1, 0.15) is 5.56 Å². The Morgan fingerprint density at radius 2 is 2.20 bits per heavy atom. The van der Waals surface area contributed by atoms with Gasteiger partial charge < -0.3 is 9.57 Å². The molecule has 0 bridgehead atoms. The van der Waals surface area contributed by atoms with Gasteiger partial charge in [0.2, 0.25) is 0 Å². The molecule has 1 aliphatic heterocycles. The largest absolute Gasteiger partial charge is 0.394 e. The second-order valence-electron chi connectivity index (χ2n) is 4.29. The summed E-state index contributed by atoms with van der Waals surface area (Å²) < 4.78 is 6.66. The van der Waals surface area contributed by atoms with Crippen molar-refractivity contribution in [1.82, 2.24) is 4.47 Å². The molecule has 0 saturated carbocycles. The molecule has 0 aromatic heterocycles. The van der Waals surface area contributed by atoms with Gasteiger partial charge in [-0.15, -0.1) is 0 Å². The Morgan fingerprint density at radius 3 is 2.90 bits per heavy atom. The second kappa shape index (κ2) is 5.28. The minimum atomic E-state index is -0.378. The quantitative estimate of drug-likeness (QED) is 0.373. The summed E-state index contributed by atoms with van der Waals surface area (Å²) in [7, 11) is 1.61. The number of benzene rings is 2. The molecule has 6 nitrogen and oxygen atoms in total. The Labute approximate surface area is 119 Å². The zero-order chi connectivity index (χ0) is 14.1. The van der Waals surface area contributed by atoms with Crippen LogP contribution >= 0.6 is 11.9 Å². The molecule has 2 aromatic carbocycles.